The number of rotatable bonds is 2. The van der Waals surface area contributed by atoms with Gasteiger partial charge in [-0.3, -0.25) is 0 Å². The summed E-state index contributed by atoms with van der Waals surface area (Å²) in [5, 5.41) is 0. The normalized spacial score (nSPS) is 17.9. The maximum atomic E-state index is 13.2. The average Bonchev–Trinajstić information content (AvgIpc) is 2.37. The number of benzene rings is 1. The van der Waals surface area contributed by atoms with Gasteiger partial charge in [0.05, 0.1) is 11.3 Å². The molecule has 0 spiro atoms. The van der Waals surface area contributed by atoms with Crippen molar-refractivity contribution in [1.82, 2.24) is 4.90 Å². The van der Waals surface area contributed by atoms with E-state index < -0.39 is 11.7 Å². The van der Waals surface area contributed by atoms with Gasteiger partial charge >= 0.3 is 6.18 Å². The van der Waals surface area contributed by atoms with Gasteiger partial charge < -0.3 is 9.80 Å². The molecule has 0 radical (unpaired) electrons. The molecular weight excluding hydrogens is 333 g/mol. The van der Waals surface area contributed by atoms with Gasteiger partial charge in [-0.25, -0.2) is 0 Å². The quantitative estimate of drug-likeness (QED) is 0.795. The zero-order valence-electron chi connectivity index (χ0n) is 11.5. The fourth-order valence-corrected chi connectivity index (χ4v) is 3.26. The van der Waals surface area contributed by atoms with Crippen molar-refractivity contribution in [3.05, 3.63) is 28.2 Å². The van der Waals surface area contributed by atoms with E-state index in [4.69, 9.17) is 0 Å². The summed E-state index contributed by atoms with van der Waals surface area (Å²) in [6.07, 6.45) is -2.57. The summed E-state index contributed by atoms with van der Waals surface area (Å²) >= 11 is 3.03. The van der Waals surface area contributed by atoms with Crippen molar-refractivity contribution in [2.75, 3.05) is 32.1 Å². The van der Waals surface area contributed by atoms with Gasteiger partial charge in [-0.05, 0) is 39.1 Å². The molecule has 2 nitrogen and oxygen atoms in total. The lowest BCUT2D eigenvalue weighted by molar-refractivity contribution is -0.137. The maximum absolute atomic E-state index is 13.2. The van der Waals surface area contributed by atoms with Crippen LogP contribution in [-0.4, -0.2) is 38.1 Å². The summed E-state index contributed by atoms with van der Waals surface area (Å²) in [5.74, 6) is 0. The lowest BCUT2D eigenvalue weighted by Crippen LogP contribution is -2.42. The average molecular weight is 351 g/mol. The molecule has 0 bridgehead atoms. The largest absolute Gasteiger partial charge is 0.419 e. The SMILES string of the molecule is CN(C)C1CCN(c2cccc(Br)c2C(F)(F)F)CC1. The number of alkyl halides is 3. The molecule has 0 saturated carbocycles. The maximum Gasteiger partial charge on any atom is 0.419 e. The summed E-state index contributed by atoms with van der Waals surface area (Å²) in [5.41, 5.74) is -0.285. The predicted octanol–water partition coefficient (Wildman–Crippen LogP) is 4.00. The highest BCUT2D eigenvalue weighted by Gasteiger charge is 2.37. The molecule has 0 atom stereocenters. The molecule has 112 valence electrons. The summed E-state index contributed by atoms with van der Waals surface area (Å²) in [6.45, 7) is 1.31. The minimum absolute atomic E-state index is 0.109. The van der Waals surface area contributed by atoms with Crippen LogP contribution in [0.3, 0.4) is 0 Å². The Morgan fingerprint density at radius 3 is 2.30 bits per heavy atom. The Bertz CT molecular complexity index is 466. The van der Waals surface area contributed by atoms with Gasteiger partial charge in [0.2, 0.25) is 0 Å². The molecule has 0 amide bonds. The molecule has 20 heavy (non-hydrogen) atoms. The number of anilines is 1. The summed E-state index contributed by atoms with van der Waals surface area (Å²) in [4.78, 5) is 3.98. The Morgan fingerprint density at radius 1 is 1.20 bits per heavy atom. The van der Waals surface area contributed by atoms with Crippen molar-refractivity contribution in [3.63, 3.8) is 0 Å². The van der Waals surface area contributed by atoms with E-state index in [2.05, 4.69) is 20.8 Å². The van der Waals surface area contributed by atoms with Crippen molar-refractivity contribution < 1.29 is 13.2 Å². The van der Waals surface area contributed by atoms with Crippen LogP contribution in [0.4, 0.5) is 18.9 Å². The molecule has 0 aromatic heterocycles. The van der Waals surface area contributed by atoms with Crippen molar-refractivity contribution in [2.45, 2.75) is 25.1 Å². The Labute approximate surface area is 125 Å². The van der Waals surface area contributed by atoms with Crippen LogP contribution in [0, 0.1) is 0 Å². The van der Waals surface area contributed by atoms with E-state index in [1.54, 1.807) is 12.1 Å². The molecular formula is C14H18BrF3N2. The van der Waals surface area contributed by atoms with Crippen molar-refractivity contribution in [3.8, 4) is 0 Å². The fourth-order valence-electron chi connectivity index (χ4n) is 2.68. The van der Waals surface area contributed by atoms with E-state index in [1.807, 2.05) is 19.0 Å². The number of hydrogen-bond acceptors (Lipinski definition) is 2. The summed E-state index contributed by atoms with van der Waals surface area (Å²) in [6, 6.07) is 5.11. The van der Waals surface area contributed by atoms with Crippen LogP contribution in [0.15, 0.2) is 22.7 Å². The molecule has 1 heterocycles. The molecule has 6 heteroatoms. The van der Waals surface area contributed by atoms with E-state index in [9.17, 15) is 13.2 Å². The third-order valence-electron chi connectivity index (χ3n) is 3.81. The van der Waals surface area contributed by atoms with Crippen LogP contribution in [0.1, 0.15) is 18.4 Å². The highest BCUT2D eigenvalue weighted by Crippen LogP contribution is 2.42. The topological polar surface area (TPSA) is 6.48 Å². The summed E-state index contributed by atoms with van der Waals surface area (Å²) in [7, 11) is 4.03. The molecule has 1 aromatic carbocycles. The predicted molar refractivity (Wildman–Crippen MR) is 78.1 cm³/mol. The molecule has 1 saturated heterocycles. The van der Waals surface area contributed by atoms with Crippen LogP contribution >= 0.6 is 15.9 Å². The Kier molecular flexibility index (Phi) is 4.64. The van der Waals surface area contributed by atoms with Crippen LogP contribution in [0.5, 0.6) is 0 Å². The number of piperidine rings is 1. The molecule has 0 N–H and O–H groups in total. The van der Waals surface area contributed by atoms with Crippen molar-refractivity contribution in [2.24, 2.45) is 0 Å². The molecule has 1 aliphatic rings. The second kappa shape index (κ2) is 5.93. The molecule has 1 aromatic rings. The Balaban J connectivity index is 2.25. The van der Waals surface area contributed by atoms with E-state index in [1.165, 1.54) is 6.07 Å². The number of hydrogen-bond donors (Lipinski definition) is 0. The molecule has 1 aliphatic heterocycles. The van der Waals surface area contributed by atoms with Crippen LogP contribution < -0.4 is 4.90 Å². The molecule has 2 rings (SSSR count). The van der Waals surface area contributed by atoms with Crippen LogP contribution in [-0.2, 0) is 6.18 Å². The molecule has 1 fully saturated rings. The van der Waals surface area contributed by atoms with E-state index in [0.29, 0.717) is 19.1 Å². The monoisotopic (exact) mass is 350 g/mol. The van der Waals surface area contributed by atoms with Gasteiger partial charge in [-0.1, -0.05) is 22.0 Å². The zero-order valence-corrected chi connectivity index (χ0v) is 13.1. The standard InChI is InChI=1S/C14H18BrF3N2/c1-19(2)10-6-8-20(9-7-10)12-5-3-4-11(15)13(12)14(16,17)18/h3-5,10H,6-9H2,1-2H3. The van der Waals surface area contributed by atoms with Crippen molar-refractivity contribution in [1.29, 1.82) is 0 Å². The van der Waals surface area contributed by atoms with Gasteiger partial charge in [-0.15, -0.1) is 0 Å². The van der Waals surface area contributed by atoms with Gasteiger partial charge in [0.1, 0.15) is 0 Å². The highest BCUT2D eigenvalue weighted by atomic mass is 79.9. The van der Waals surface area contributed by atoms with Gasteiger partial charge in [-0.2, -0.15) is 13.2 Å². The Hall–Kier alpha value is -0.750. The minimum Gasteiger partial charge on any atom is -0.371 e. The minimum atomic E-state index is -4.34. The van der Waals surface area contributed by atoms with E-state index in [0.717, 1.165) is 12.8 Å². The first-order valence-electron chi connectivity index (χ1n) is 6.58. The Morgan fingerprint density at radius 2 is 1.80 bits per heavy atom. The van der Waals surface area contributed by atoms with Crippen LogP contribution in [0.2, 0.25) is 0 Å². The third kappa shape index (κ3) is 3.28. The number of nitrogens with zero attached hydrogens (tertiary/aromatic N) is 2. The smallest absolute Gasteiger partial charge is 0.371 e. The lowest BCUT2D eigenvalue weighted by atomic mass is 10.0. The van der Waals surface area contributed by atoms with E-state index in [-0.39, 0.29) is 10.2 Å². The van der Waals surface area contributed by atoms with Gasteiger partial charge in [0.15, 0.2) is 0 Å². The lowest BCUT2D eigenvalue weighted by Gasteiger charge is -2.37. The van der Waals surface area contributed by atoms with E-state index >= 15 is 0 Å². The first-order chi connectivity index (χ1) is 9.30. The second-order valence-corrected chi connectivity index (χ2v) is 6.17. The first-order valence-corrected chi connectivity index (χ1v) is 7.37. The highest BCUT2D eigenvalue weighted by molar-refractivity contribution is 9.10. The van der Waals surface area contributed by atoms with Crippen LogP contribution in [0.25, 0.3) is 0 Å². The first kappa shape index (κ1) is 15.6. The van der Waals surface area contributed by atoms with Crippen molar-refractivity contribution >= 4 is 21.6 Å². The number of halogens is 4. The molecule has 0 unspecified atom stereocenters. The third-order valence-corrected chi connectivity index (χ3v) is 4.47. The second-order valence-electron chi connectivity index (χ2n) is 5.31. The summed E-state index contributed by atoms with van der Waals surface area (Å²) < 4.78 is 39.7. The fraction of sp³-hybridized carbons (Fsp3) is 0.571. The zero-order chi connectivity index (χ0) is 14.9. The molecule has 0 aliphatic carbocycles. The van der Waals surface area contributed by atoms with Gasteiger partial charge in [0, 0.05) is 23.6 Å². The van der Waals surface area contributed by atoms with Gasteiger partial charge in [0.25, 0.3) is 0 Å².